The normalized spacial score (nSPS) is 15.5. The first-order valence-corrected chi connectivity index (χ1v) is 10.6. The van der Waals surface area contributed by atoms with Gasteiger partial charge in [0.2, 0.25) is 0 Å². The monoisotopic (exact) mass is 482 g/mol. The van der Waals surface area contributed by atoms with Crippen molar-refractivity contribution >= 4 is 21.6 Å². The van der Waals surface area contributed by atoms with Gasteiger partial charge in [-0.2, -0.15) is 26.3 Å². The molecule has 1 aliphatic rings. The average molecular weight is 482 g/mol. The molecule has 1 N–H and O–H groups in total. The number of rotatable bonds is 4. The fraction of sp³-hybridized carbons (Fsp3) is 0.316. The molecule has 2 aromatic carbocycles. The lowest BCUT2D eigenvalue weighted by molar-refractivity contribution is -0.143. The van der Waals surface area contributed by atoms with E-state index >= 15 is 0 Å². The van der Waals surface area contributed by atoms with Crippen molar-refractivity contribution < 1.29 is 44.3 Å². The summed E-state index contributed by atoms with van der Waals surface area (Å²) in [6, 6.07) is 5.31. The van der Waals surface area contributed by atoms with E-state index < -0.39 is 44.3 Å². The Morgan fingerprint density at radius 1 is 0.906 bits per heavy atom. The second kappa shape index (κ2) is 8.62. The molecule has 1 heterocycles. The van der Waals surface area contributed by atoms with E-state index in [-0.39, 0.29) is 55.8 Å². The van der Waals surface area contributed by atoms with Crippen LogP contribution in [0.15, 0.2) is 47.4 Å². The van der Waals surface area contributed by atoms with Crippen molar-refractivity contribution in [2.24, 2.45) is 0 Å². The van der Waals surface area contributed by atoms with Gasteiger partial charge in [-0.3, -0.25) is 9.52 Å². The second-order valence-electron chi connectivity index (χ2n) is 6.80. The Morgan fingerprint density at radius 3 is 1.97 bits per heavy atom. The molecule has 6 nitrogen and oxygen atoms in total. The Labute approximate surface area is 178 Å². The van der Waals surface area contributed by atoms with Gasteiger partial charge in [0.25, 0.3) is 15.9 Å². The van der Waals surface area contributed by atoms with E-state index in [9.17, 15) is 39.6 Å². The third-order valence-electron chi connectivity index (χ3n) is 4.57. The number of ether oxygens (including phenoxy) is 1. The van der Waals surface area contributed by atoms with Crippen molar-refractivity contribution in [1.82, 2.24) is 4.90 Å². The van der Waals surface area contributed by atoms with Gasteiger partial charge in [-0.1, -0.05) is 12.1 Å². The minimum absolute atomic E-state index is 0.101. The minimum Gasteiger partial charge on any atom is -0.378 e. The molecule has 0 bridgehead atoms. The molecule has 3 rings (SSSR count). The predicted molar refractivity (Wildman–Crippen MR) is 100 cm³/mol. The number of hydrogen-bond acceptors (Lipinski definition) is 4. The molecule has 0 radical (unpaired) electrons. The van der Waals surface area contributed by atoms with Crippen molar-refractivity contribution in [3.8, 4) is 0 Å². The van der Waals surface area contributed by atoms with Crippen LogP contribution in [0.5, 0.6) is 0 Å². The lowest BCUT2D eigenvalue weighted by Gasteiger charge is -2.27. The van der Waals surface area contributed by atoms with Crippen molar-refractivity contribution in [2.45, 2.75) is 17.2 Å². The first-order valence-electron chi connectivity index (χ1n) is 9.07. The van der Waals surface area contributed by atoms with Crippen LogP contribution in [0.2, 0.25) is 0 Å². The van der Waals surface area contributed by atoms with Crippen LogP contribution in [0.3, 0.4) is 0 Å². The average Bonchev–Trinajstić information content (AvgIpc) is 2.72. The Kier molecular flexibility index (Phi) is 6.43. The second-order valence-corrected chi connectivity index (χ2v) is 8.48. The summed E-state index contributed by atoms with van der Waals surface area (Å²) < 4.78 is 111. The maximum absolute atomic E-state index is 13.1. The fourth-order valence-electron chi connectivity index (χ4n) is 2.98. The molecule has 1 fully saturated rings. The zero-order valence-electron chi connectivity index (χ0n) is 16.1. The number of nitrogens with one attached hydrogen (secondary N) is 1. The molecule has 0 aliphatic carbocycles. The molecule has 0 aromatic heterocycles. The largest absolute Gasteiger partial charge is 0.416 e. The minimum atomic E-state index is -5.21. The number of para-hydroxylation sites is 1. The summed E-state index contributed by atoms with van der Waals surface area (Å²) in [7, 11) is -4.91. The van der Waals surface area contributed by atoms with E-state index in [0.717, 1.165) is 0 Å². The van der Waals surface area contributed by atoms with Crippen LogP contribution in [0.25, 0.3) is 0 Å². The van der Waals surface area contributed by atoms with Gasteiger partial charge in [-0.15, -0.1) is 0 Å². The standard InChI is InChI=1S/C19H16F6N2O4S/c20-18(21,22)12-9-13(19(23,24)25)11-14(10-12)32(29,30)26-16-4-2-1-3-15(16)17(28)27-5-7-31-8-6-27/h1-4,9-11,26H,5-8H2. The van der Waals surface area contributed by atoms with Crippen LogP contribution in [0, 0.1) is 0 Å². The van der Waals surface area contributed by atoms with Crippen LogP contribution in [0.1, 0.15) is 21.5 Å². The molecule has 1 saturated heterocycles. The van der Waals surface area contributed by atoms with Crippen LogP contribution >= 0.6 is 0 Å². The van der Waals surface area contributed by atoms with Gasteiger partial charge in [-0.05, 0) is 30.3 Å². The Morgan fingerprint density at radius 2 is 1.44 bits per heavy atom. The molecule has 0 atom stereocenters. The first kappa shape index (κ1) is 23.9. The lowest BCUT2D eigenvalue weighted by atomic mass is 10.1. The van der Waals surface area contributed by atoms with Gasteiger partial charge in [0.15, 0.2) is 0 Å². The number of alkyl halides is 6. The SMILES string of the molecule is O=C(c1ccccc1NS(=O)(=O)c1cc(C(F)(F)F)cc(C(F)(F)F)c1)N1CCOCC1. The van der Waals surface area contributed by atoms with Crippen LogP contribution in [-0.4, -0.2) is 45.5 Å². The van der Waals surface area contributed by atoms with Crippen molar-refractivity contribution in [3.63, 3.8) is 0 Å². The Bertz CT molecular complexity index is 1080. The number of carbonyl (C=O) groups excluding carboxylic acids is 1. The molecule has 0 unspecified atom stereocenters. The van der Waals surface area contributed by atoms with Crippen molar-refractivity contribution in [3.05, 3.63) is 59.2 Å². The van der Waals surface area contributed by atoms with Gasteiger partial charge in [-0.25, -0.2) is 8.42 Å². The molecular weight excluding hydrogens is 466 g/mol. The van der Waals surface area contributed by atoms with E-state index in [0.29, 0.717) is 0 Å². The summed E-state index contributed by atoms with van der Waals surface area (Å²) in [6.45, 7) is 1.01. The highest BCUT2D eigenvalue weighted by atomic mass is 32.2. The van der Waals surface area contributed by atoms with Crippen molar-refractivity contribution in [2.75, 3.05) is 31.0 Å². The number of amides is 1. The van der Waals surface area contributed by atoms with Crippen LogP contribution in [-0.2, 0) is 27.1 Å². The molecule has 32 heavy (non-hydrogen) atoms. The van der Waals surface area contributed by atoms with Gasteiger partial charge >= 0.3 is 12.4 Å². The highest BCUT2D eigenvalue weighted by Gasteiger charge is 2.38. The number of halogens is 6. The van der Waals surface area contributed by atoms with Gasteiger partial charge in [0.05, 0.1) is 40.5 Å². The summed E-state index contributed by atoms with van der Waals surface area (Å²) in [5.74, 6) is -0.563. The van der Waals surface area contributed by atoms with E-state index in [2.05, 4.69) is 0 Å². The molecule has 1 amide bonds. The quantitative estimate of drug-likeness (QED) is 0.669. The van der Waals surface area contributed by atoms with E-state index in [1.54, 1.807) is 0 Å². The summed E-state index contributed by atoms with van der Waals surface area (Å²) in [6.07, 6.45) is -10.4. The van der Waals surface area contributed by atoms with Gasteiger partial charge in [0, 0.05) is 13.1 Å². The predicted octanol–water partition coefficient (Wildman–Crippen LogP) is 4.00. The smallest absolute Gasteiger partial charge is 0.378 e. The maximum atomic E-state index is 13.1. The molecular formula is C19H16F6N2O4S. The van der Waals surface area contributed by atoms with Gasteiger partial charge in [0.1, 0.15) is 0 Å². The van der Waals surface area contributed by atoms with E-state index in [1.165, 1.54) is 29.2 Å². The number of anilines is 1. The number of hydrogen-bond donors (Lipinski definition) is 1. The van der Waals surface area contributed by atoms with Gasteiger partial charge < -0.3 is 9.64 Å². The van der Waals surface area contributed by atoms with Crippen LogP contribution < -0.4 is 4.72 Å². The summed E-state index contributed by atoms with van der Waals surface area (Å²) >= 11 is 0. The zero-order chi connectivity index (χ0) is 23.7. The number of nitrogens with zero attached hydrogens (tertiary/aromatic N) is 1. The third kappa shape index (κ3) is 5.33. The number of carbonyl (C=O) groups is 1. The maximum Gasteiger partial charge on any atom is 0.416 e. The molecule has 174 valence electrons. The fourth-order valence-corrected chi connectivity index (χ4v) is 4.13. The summed E-state index contributed by atoms with van der Waals surface area (Å²) in [5, 5.41) is 0. The molecule has 1 aliphatic heterocycles. The number of sulfonamides is 1. The van der Waals surface area contributed by atoms with Crippen molar-refractivity contribution in [1.29, 1.82) is 0 Å². The summed E-state index contributed by atoms with van der Waals surface area (Å²) in [4.78, 5) is 12.9. The summed E-state index contributed by atoms with van der Waals surface area (Å²) in [5.41, 5.74) is -3.94. The van der Waals surface area contributed by atoms with E-state index in [4.69, 9.17) is 4.74 Å². The highest BCUT2D eigenvalue weighted by Crippen LogP contribution is 2.37. The highest BCUT2D eigenvalue weighted by molar-refractivity contribution is 7.92. The topological polar surface area (TPSA) is 75.7 Å². The molecule has 0 spiro atoms. The van der Waals surface area contributed by atoms with Crippen LogP contribution in [0.4, 0.5) is 32.0 Å². The Balaban J connectivity index is 2.01. The number of morpholine rings is 1. The zero-order valence-corrected chi connectivity index (χ0v) is 16.9. The number of benzene rings is 2. The first-order chi connectivity index (χ1) is 14.8. The lowest BCUT2D eigenvalue weighted by Crippen LogP contribution is -2.41. The molecule has 2 aromatic rings. The van der Waals surface area contributed by atoms with E-state index in [1.807, 2.05) is 4.72 Å². The Hall–Kier alpha value is -2.80. The molecule has 13 heteroatoms. The third-order valence-corrected chi connectivity index (χ3v) is 5.92. The molecule has 0 saturated carbocycles.